The van der Waals surface area contributed by atoms with Gasteiger partial charge in [-0.05, 0) is 67.3 Å². The summed E-state index contributed by atoms with van der Waals surface area (Å²) in [5.41, 5.74) is 3.58. The maximum Gasteiger partial charge on any atom is 0.323 e. The molecule has 0 aromatic heterocycles. The Balaban J connectivity index is 1.24. The summed E-state index contributed by atoms with van der Waals surface area (Å²) < 4.78 is 39.1. The van der Waals surface area contributed by atoms with Gasteiger partial charge in [-0.25, -0.2) is 13.2 Å². The molecule has 1 saturated carbocycles. The molecule has 3 aliphatic rings. The van der Waals surface area contributed by atoms with Gasteiger partial charge in [0, 0.05) is 37.3 Å². The number of benzene rings is 2. The zero-order chi connectivity index (χ0) is 32.4. The van der Waals surface area contributed by atoms with Crippen molar-refractivity contribution in [3.63, 3.8) is 0 Å². The molecule has 2 aromatic carbocycles. The first-order valence-corrected chi connectivity index (χ1v) is 17.3. The number of amides is 3. The van der Waals surface area contributed by atoms with Gasteiger partial charge in [-0.2, -0.15) is 0 Å². The van der Waals surface area contributed by atoms with Gasteiger partial charge >= 0.3 is 6.03 Å². The molecule has 1 saturated heterocycles. The van der Waals surface area contributed by atoms with Crippen molar-refractivity contribution in [2.45, 2.75) is 52.4 Å². The SMILES string of the molecule is CCS(=O)(=O)Nc1cc(C(C)(C)C)cc(NC(=O)Nc2ccc(OCCN3CCN(CC4CC4)C(=O)C3)c3c2C=CC3)c1OC. The molecule has 0 radical (unpaired) electrons. The Morgan fingerprint density at radius 3 is 2.47 bits per heavy atom. The minimum atomic E-state index is -3.59. The van der Waals surface area contributed by atoms with E-state index in [2.05, 4.69) is 20.3 Å². The number of nitrogens with zero attached hydrogens (tertiary/aromatic N) is 2. The van der Waals surface area contributed by atoms with E-state index in [0.29, 0.717) is 43.4 Å². The lowest BCUT2D eigenvalue weighted by Gasteiger charge is -2.34. The van der Waals surface area contributed by atoms with Crippen molar-refractivity contribution in [3.05, 3.63) is 47.0 Å². The number of carbonyl (C=O) groups excluding carboxylic acids is 2. The van der Waals surface area contributed by atoms with E-state index in [9.17, 15) is 18.0 Å². The third-order valence-electron chi connectivity index (χ3n) is 8.46. The zero-order valence-electron chi connectivity index (χ0n) is 26.9. The molecule has 0 spiro atoms. The fraction of sp³-hybridized carbons (Fsp3) is 0.515. The number of hydrogen-bond donors (Lipinski definition) is 3. The Morgan fingerprint density at radius 1 is 1.07 bits per heavy atom. The molecule has 2 aromatic rings. The fourth-order valence-electron chi connectivity index (χ4n) is 5.59. The average molecular weight is 640 g/mol. The smallest absolute Gasteiger partial charge is 0.323 e. The van der Waals surface area contributed by atoms with Crippen LogP contribution in [0, 0.1) is 5.92 Å². The molecular formula is C33H45N5O6S. The van der Waals surface area contributed by atoms with Crippen molar-refractivity contribution in [3.8, 4) is 11.5 Å². The molecule has 0 atom stereocenters. The Bertz CT molecular complexity index is 1580. The van der Waals surface area contributed by atoms with E-state index in [1.165, 1.54) is 20.0 Å². The number of rotatable bonds is 12. The van der Waals surface area contributed by atoms with E-state index in [-0.39, 0.29) is 28.5 Å². The molecule has 2 fully saturated rings. The van der Waals surface area contributed by atoms with Crippen LogP contribution in [0.5, 0.6) is 11.5 Å². The van der Waals surface area contributed by atoms with Crippen LogP contribution in [0.3, 0.4) is 0 Å². The van der Waals surface area contributed by atoms with Crippen LogP contribution in [-0.2, 0) is 26.7 Å². The van der Waals surface area contributed by atoms with Gasteiger partial charge in [-0.1, -0.05) is 32.9 Å². The molecule has 0 unspecified atom stereocenters. The number of anilines is 3. The summed E-state index contributed by atoms with van der Waals surface area (Å²) in [7, 11) is -2.16. The predicted molar refractivity (Wildman–Crippen MR) is 178 cm³/mol. The minimum absolute atomic E-state index is 0.103. The van der Waals surface area contributed by atoms with Crippen LogP contribution in [-0.4, -0.2) is 82.3 Å². The Hall–Kier alpha value is -3.77. The van der Waals surface area contributed by atoms with E-state index >= 15 is 0 Å². The quantitative estimate of drug-likeness (QED) is 0.301. The molecule has 12 heteroatoms. The molecule has 0 bridgehead atoms. The predicted octanol–water partition coefficient (Wildman–Crippen LogP) is 4.90. The molecule has 5 rings (SSSR count). The number of nitrogens with one attached hydrogen (secondary N) is 3. The van der Waals surface area contributed by atoms with E-state index in [1.54, 1.807) is 19.1 Å². The number of ether oxygens (including phenoxy) is 2. The maximum atomic E-state index is 13.3. The minimum Gasteiger partial charge on any atom is -0.492 e. The standard InChI is InChI=1S/C33H45N5O6S/c1-6-45(41,42)36-28-19-23(33(2,3)4)18-27(31(28)43-5)35-32(40)34-26-12-13-29(25-9-7-8-24(25)26)44-17-16-37-14-15-38(30(39)21-37)20-22-10-11-22/h7-8,12-13,18-19,22,36H,6,9-11,14-17,20-21H2,1-5H3,(H2,34,35,40). The highest BCUT2D eigenvalue weighted by Gasteiger charge is 2.30. The van der Waals surface area contributed by atoms with E-state index < -0.39 is 16.1 Å². The van der Waals surface area contributed by atoms with Crippen LogP contribution >= 0.6 is 0 Å². The number of urea groups is 1. The lowest BCUT2D eigenvalue weighted by molar-refractivity contribution is -0.136. The molecule has 1 aliphatic heterocycles. The topological polar surface area (TPSA) is 129 Å². The summed E-state index contributed by atoms with van der Waals surface area (Å²) in [5, 5.41) is 5.80. The van der Waals surface area contributed by atoms with Crippen molar-refractivity contribution in [2.24, 2.45) is 5.92 Å². The third kappa shape index (κ3) is 8.09. The van der Waals surface area contributed by atoms with Crippen molar-refractivity contribution in [1.29, 1.82) is 0 Å². The summed E-state index contributed by atoms with van der Waals surface area (Å²) in [5.74, 6) is 1.77. The molecule has 244 valence electrons. The van der Waals surface area contributed by atoms with Gasteiger partial charge in [0.1, 0.15) is 12.4 Å². The van der Waals surface area contributed by atoms with Gasteiger partial charge in [-0.3, -0.25) is 14.4 Å². The monoisotopic (exact) mass is 639 g/mol. The summed E-state index contributed by atoms with van der Waals surface area (Å²) in [6.45, 7) is 11.7. The maximum absolute atomic E-state index is 13.3. The van der Waals surface area contributed by atoms with Gasteiger partial charge < -0.3 is 25.0 Å². The highest BCUT2D eigenvalue weighted by atomic mass is 32.2. The zero-order valence-corrected chi connectivity index (χ0v) is 27.7. The van der Waals surface area contributed by atoms with Crippen molar-refractivity contribution in [2.75, 3.05) is 67.5 Å². The van der Waals surface area contributed by atoms with Gasteiger partial charge in [-0.15, -0.1) is 0 Å². The summed E-state index contributed by atoms with van der Waals surface area (Å²) in [6.07, 6.45) is 7.16. The van der Waals surface area contributed by atoms with Gasteiger partial charge in [0.05, 0.1) is 36.5 Å². The molecule has 2 aliphatic carbocycles. The lowest BCUT2D eigenvalue weighted by Crippen LogP contribution is -2.51. The first-order valence-electron chi connectivity index (χ1n) is 15.6. The summed E-state index contributed by atoms with van der Waals surface area (Å²) >= 11 is 0. The van der Waals surface area contributed by atoms with E-state index in [1.807, 2.05) is 50.0 Å². The molecule has 3 N–H and O–H groups in total. The highest BCUT2D eigenvalue weighted by molar-refractivity contribution is 7.92. The molecule has 45 heavy (non-hydrogen) atoms. The van der Waals surface area contributed by atoms with Crippen molar-refractivity contribution in [1.82, 2.24) is 9.80 Å². The number of piperazine rings is 1. The molecule has 3 amide bonds. The van der Waals surface area contributed by atoms with Crippen molar-refractivity contribution < 1.29 is 27.5 Å². The van der Waals surface area contributed by atoms with Crippen LogP contribution in [0.2, 0.25) is 0 Å². The first kappa shape index (κ1) is 32.6. The largest absolute Gasteiger partial charge is 0.492 e. The second-order valence-corrected chi connectivity index (χ2v) is 15.0. The van der Waals surface area contributed by atoms with Gasteiger partial charge in [0.25, 0.3) is 0 Å². The van der Waals surface area contributed by atoms with Crippen LogP contribution in [0.15, 0.2) is 30.3 Å². The second-order valence-electron chi connectivity index (χ2n) is 13.0. The molecular weight excluding hydrogens is 594 g/mol. The first-order chi connectivity index (χ1) is 21.4. The summed E-state index contributed by atoms with van der Waals surface area (Å²) in [4.78, 5) is 30.0. The van der Waals surface area contributed by atoms with Crippen LogP contribution in [0.25, 0.3) is 6.08 Å². The second kappa shape index (κ2) is 13.3. The Kier molecular flexibility index (Phi) is 9.64. The number of fused-ring (bicyclic) bond motifs is 1. The number of hydrogen-bond acceptors (Lipinski definition) is 7. The Labute approximate surface area is 266 Å². The Morgan fingerprint density at radius 2 is 1.80 bits per heavy atom. The average Bonchev–Trinajstić information content (AvgIpc) is 3.65. The van der Waals surface area contributed by atoms with E-state index in [4.69, 9.17) is 9.47 Å². The lowest BCUT2D eigenvalue weighted by atomic mass is 9.86. The van der Waals surface area contributed by atoms with Gasteiger partial charge in [0.15, 0.2) is 5.75 Å². The highest BCUT2D eigenvalue weighted by Crippen LogP contribution is 2.40. The molecule has 1 heterocycles. The fourth-order valence-corrected chi connectivity index (χ4v) is 6.22. The summed E-state index contributed by atoms with van der Waals surface area (Å²) in [6, 6.07) is 6.71. The number of methoxy groups -OCH3 is 1. The van der Waals surface area contributed by atoms with Gasteiger partial charge in [0.2, 0.25) is 15.9 Å². The van der Waals surface area contributed by atoms with Crippen LogP contribution < -0.4 is 24.8 Å². The third-order valence-corrected chi connectivity index (χ3v) is 9.75. The number of allylic oxidation sites excluding steroid dienone is 1. The van der Waals surface area contributed by atoms with Crippen LogP contribution in [0.1, 0.15) is 57.2 Å². The number of carbonyl (C=O) groups is 2. The van der Waals surface area contributed by atoms with Crippen LogP contribution in [0.4, 0.5) is 21.9 Å². The van der Waals surface area contributed by atoms with Crippen molar-refractivity contribution >= 4 is 45.1 Å². The van der Waals surface area contributed by atoms with E-state index in [0.717, 1.165) is 42.1 Å². The molecule has 11 nitrogen and oxygen atoms in total. The normalized spacial score (nSPS) is 16.8. The number of sulfonamides is 1.